The van der Waals surface area contributed by atoms with Gasteiger partial charge in [0.1, 0.15) is 5.60 Å². The lowest BCUT2D eigenvalue weighted by Gasteiger charge is -2.19. The number of ether oxygens (including phenoxy) is 1. The topological polar surface area (TPSA) is 55.4 Å². The number of esters is 1. The fourth-order valence-corrected chi connectivity index (χ4v) is 1.94. The van der Waals surface area contributed by atoms with Crippen molar-refractivity contribution in [3.05, 3.63) is 22.4 Å². The first-order valence-electron chi connectivity index (χ1n) is 5.88. The highest BCUT2D eigenvalue weighted by Crippen LogP contribution is 2.10. The van der Waals surface area contributed by atoms with Crippen LogP contribution in [0.2, 0.25) is 0 Å². The summed E-state index contributed by atoms with van der Waals surface area (Å²) in [4.78, 5) is 24.0. The van der Waals surface area contributed by atoms with E-state index in [1.807, 2.05) is 38.3 Å². The molecule has 1 aromatic heterocycles. The van der Waals surface area contributed by atoms with Gasteiger partial charge in [-0.2, -0.15) is 0 Å². The minimum Gasteiger partial charge on any atom is -0.460 e. The highest BCUT2D eigenvalue weighted by atomic mass is 32.1. The van der Waals surface area contributed by atoms with E-state index in [0.717, 1.165) is 4.88 Å². The molecule has 0 fully saturated rings. The van der Waals surface area contributed by atoms with Crippen LogP contribution in [0.1, 0.15) is 38.5 Å². The molecular formula is C13H19NO3S. The molecule has 1 heterocycles. The van der Waals surface area contributed by atoms with E-state index in [-0.39, 0.29) is 24.7 Å². The summed E-state index contributed by atoms with van der Waals surface area (Å²) in [5.41, 5.74) is -0.496. The molecule has 4 nitrogen and oxygen atoms in total. The van der Waals surface area contributed by atoms with E-state index in [4.69, 9.17) is 4.74 Å². The van der Waals surface area contributed by atoms with Gasteiger partial charge in [0.15, 0.2) is 0 Å². The highest BCUT2D eigenvalue weighted by molar-refractivity contribution is 7.09. The fraction of sp³-hybridized carbons (Fsp3) is 0.538. The summed E-state index contributed by atoms with van der Waals surface area (Å²) in [6.45, 7) is 5.94. The lowest BCUT2D eigenvalue weighted by molar-refractivity contribution is -0.155. The van der Waals surface area contributed by atoms with Crippen LogP contribution in [0.15, 0.2) is 17.5 Å². The second-order valence-electron chi connectivity index (χ2n) is 4.94. The Hall–Kier alpha value is -1.36. The Morgan fingerprint density at radius 2 is 2.06 bits per heavy atom. The molecule has 5 heteroatoms. The molecule has 1 aromatic rings. The van der Waals surface area contributed by atoms with Gasteiger partial charge in [0, 0.05) is 11.3 Å². The average Bonchev–Trinajstić information content (AvgIpc) is 2.74. The Kier molecular flexibility index (Phi) is 5.34. The van der Waals surface area contributed by atoms with Crippen LogP contribution in [-0.4, -0.2) is 17.5 Å². The van der Waals surface area contributed by atoms with Gasteiger partial charge < -0.3 is 10.1 Å². The largest absolute Gasteiger partial charge is 0.460 e. The lowest BCUT2D eigenvalue weighted by Crippen LogP contribution is -2.26. The average molecular weight is 269 g/mol. The van der Waals surface area contributed by atoms with E-state index in [1.165, 1.54) is 0 Å². The summed E-state index contributed by atoms with van der Waals surface area (Å²) < 4.78 is 5.12. The molecule has 1 amide bonds. The quantitative estimate of drug-likeness (QED) is 0.835. The van der Waals surface area contributed by atoms with Crippen molar-refractivity contribution in [3.63, 3.8) is 0 Å². The second kappa shape index (κ2) is 6.54. The van der Waals surface area contributed by atoms with Crippen molar-refractivity contribution in [1.29, 1.82) is 0 Å². The molecule has 0 aromatic carbocycles. The van der Waals surface area contributed by atoms with Crippen LogP contribution in [0.5, 0.6) is 0 Å². The second-order valence-corrected chi connectivity index (χ2v) is 5.97. The minimum atomic E-state index is -0.496. The zero-order chi connectivity index (χ0) is 13.6. The van der Waals surface area contributed by atoms with Crippen LogP contribution in [0.3, 0.4) is 0 Å². The normalized spacial score (nSPS) is 11.1. The molecule has 0 aliphatic carbocycles. The monoisotopic (exact) mass is 269 g/mol. The molecule has 1 N–H and O–H groups in total. The molecule has 0 atom stereocenters. The molecule has 0 saturated carbocycles. The Bertz CT molecular complexity index is 393. The Labute approximate surface area is 111 Å². The maximum atomic E-state index is 11.5. The number of thiophene rings is 1. The first kappa shape index (κ1) is 14.7. The van der Waals surface area contributed by atoms with E-state index in [9.17, 15) is 9.59 Å². The molecule has 0 unspecified atom stereocenters. The Morgan fingerprint density at radius 3 is 2.61 bits per heavy atom. The van der Waals surface area contributed by atoms with Crippen LogP contribution in [0, 0.1) is 0 Å². The number of nitrogens with one attached hydrogen (secondary N) is 1. The standard InChI is InChI=1S/C13H19NO3S/c1-13(2,3)17-12(16)7-6-11(15)14-9-10-5-4-8-18-10/h4-5,8H,6-7,9H2,1-3H3,(H,14,15). The van der Waals surface area contributed by atoms with E-state index in [0.29, 0.717) is 6.54 Å². The van der Waals surface area contributed by atoms with Crippen LogP contribution >= 0.6 is 11.3 Å². The third kappa shape index (κ3) is 6.39. The molecule has 0 bridgehead atoms. The lowest BCUT2D eigenvalue weighted by atomic mass is 10.2. The highest BCUT2D eigenvalue weighted by Gasteiger charge is 2.16. The third-order valence-electron chi connectivity index (χ3n) is 2.02. The summed E-state index contributed by atoms with van der Waals surface area (Å²) in [7, 11) is 0. The van der Waals surface area contributed by atoms with Gasteiger partial charge in [-0.1, -0.05) is 6.07 Å². The number of rotatable bonds is 5. The van der Waals surface area contributed by atoms with Gasteiger partial charge >= 0.3 is 5.97 Å². The van der Waals surface area contributed by atoms with Gasteiger partial charge in [-0.05, 0) is 32.2 Å². The summed E-state index contributed by atoms with van der Waals surface area (Å²) in [5.74, 6) is -0.469. The maximum Gasteiger partial charge on any atom is 0.306 e. The van der Waals surface area contributed by atoms with Crippen molar-refractivity contribution in [3.8, 4) is 0 Å². The molecule has 0 aliphatic heterocycles. The van der Waals surface area contributed by atoms with E-state index >= 15 is 0 Å². The Balaban J connectivity index is 2.19. The summed E-state index contributed by atoms with van der Waals surface area (Å²) in [5, 5.41) is 4.73. The van der Waals surface area contributed by atoms with Gasteiger partial charge in [0.2, 0.25) is 5.91 Å². The maximum absolute atomic E-state index is 11.5. The van der Waals surface area contributed by atoms with Crippen LogP contribution in [-0.2, 0) is 20.9 Å². The van der Waals surface area contributed by atoms with Crippen LogP contribution in [0.4, 0.5) is 0 Å². The molecule has 0 spiro atoms. The van der Waals surface area contributed by atoms with Crippen LogP contribution in [0.25, 0.3) is 0 Å². The van der Waals surface area contributed by atoms with Gasteiger partial charge in [0.25, 0.3) is 0 Å². The van der Waals surface area contributed by atoms with Crippen molar-refractivity contribution in [1.82, 2.24) is 5.32 Å². The third-order valence-corrected chi connectivity index (χ3v) is 2.89. The van der Waals surface area contributed by atoms with Gasteiger partial charge in [-0.3, -0.25) is 9.59 Å². The summed E-state index contributed by atoms with van der Waals surface area (Å²) in [6, 6.07) is 3.89. The van der Waals surface area contributed by atoms with Crippen molar-refractivity contribution >= 4 is 23.2 Å². The molecule has 0 radical (unpaired) electrons. The van der Waals surface area contributed by atoms with Crippen molar-refractivity contribution in [2.75, 3.05) is 0 Å². The first-order chi connectivity index (χ1) is 8.37. The van der Waals surface area contributed by atoms with E-state index in [2.05, 4.69) is 5.32 Å². The molecule has 1 rings (SSSR count). The summed E-state index contributed by atoms with van der Waals surface area (Å²) >= 11 is 1.59. The van der Waals surface area contributed by atoms with Crippen molar-refractivity contribution in [2.24, 2.45) is 0 Å². The predicted molar refractivity (Wildman–Crippen MR) is 71.2 cm³/mol. The molecule has 0 saturated heterocycles. The van der Waals surface area contributed by atoms with Gasteiger partial charge in [0.05, 0.1) is 13.0 Å². The van der Waals surface area contributed by atoms with E-state index < -0.39 is 5.60 Å². The molecular weight excluding hydrogens is 250 g/mol. The zero-order valence-corrected chi connectivity index (χ0v) is 11.8. The molecule has 0 aliphatic rings. The van der Waals surface area contributed by atoms with Crippen molar-refractivity contribution < 1.29 is 14.3 Å². The van der Waals surface area contributed by atoms with Gasteiger partial charge in [-0.15, -0.1) is 11.3 Å². The smallest absolute Gasteiger partial charge is 0.306 e. The van der Waals surface area contributed by atoms with Crippen LogP contribution < -0.4 is 5.32 Å². The number of hydrogen-bond donors (Lipinski definition) is 1. The fourth-order valence-electron chi connectivity index (χ4n) is 1.30. The van der Waals surface area contributed by atoms with Crippen molar-refractivity contribution in [2.45, 2.75) is 45.8 Å². The van der Waals surface area contributed by atoms with Gasteiger partial charge in [-0.25, -0.2) is 0 Å². The summed E-state index contributed by atoms with van der Waals surface area (Å²) in [6.07, 6.45) is 0.286. The zero-order valence-electron chi connectivity index (χ0n) is 11.0. The minimum absolute atomic E-state index is 0.119. The molecule has 100 valence electrons. The SMILES string of the molecule is CC(C)(C)OC(=O)CCC(=O)NCc1cccs1. The molecule has 18 heavy (non-hydrogen) atoms. The number of carbonyl (C=O) groups is 2. The Morgan fingerprint density at radius 1 is 1.33 bits per heavy atom. The number of amides is 1. The number of carbonyl (C=O) groups excluding carboxylic acids is 2. The first-order valence-corrected chi connectivity index (χ1v) is 6.76. The number of hydrogen-bond acceptors (Lipinski definition) is 4. The predicted octanol–water partition coefficient (Wildman–Crippen LogP) is 2.49. The van der Waals surface area contributed by atoms with E-state index in [1.54, 1.807) is 11.3 Å².